The third-order valence-corrected chi connectivity index (χ3v) is 10.2. The standard InChI is InChI=1S/C34H40N8O6S2/c1-5-11-41(31(43)17-37-33(45)47-3)19-29-35-15-23(39-29)21-7-9-25-27(13-21)50-28-14-22(8-10-26(28)49-25)24-16-36-30(40-24)20-42(12-6-2)32(44)18-38-34(46)48-4/h7-10,13-16H,5-6,11-12,17-20H2,1-4H3,(H,35,39)(H,36,40)(H,37,45)(H,38,46). The maximum atomic E-state index is 12.7. The third kappa shape index (κ3) is 9.18. The van der Waals surface area contributed by atoms with Gasteiger partial charge in [0.15, 0.2) is 0 Å². The summed E-state index contributed by atoms with van der Waals surface area (Å²) in [5.74, 6) is 0.850. The highest BCUT2D eigenvalue weighted by Gasteiger charge is 2.21. The van der Waals surface area contributed by atoms with Gasteiger partial charge in [0.25, 0.3) is 0 Å². The van der Waals surface area contributed by atoms with Crippen LogP contribution < -0.4 is 10.6 Å². The number of ether oxygens (including phenoxy) is 2. The number of methoxy groups -OCH3 is 2. The Bertz CT molecular complexity index is 1710. The fourth-order valence-electron chi connectivity index (χ4n) is 5.24. The number of carbonyl (C=O) groups is 4. The van der Waals surface area contributed by atoms with E-state index in [0.29, 0.717) is 24.7 Å². The molecule has 0 fully saturated rings. The van der Waals surface area contributed by atoms with Gasteiger partial charge in [-0.15, -0.1) is 0 Å². The first kappa shape index (κ1) is 36.3. The first-order valence-electron chi connectivity index (χ1n) is 16.1. The molecule has 2 aromatic heterocycles. The minimum absolute atomic E-state index is 0.152. The molecule has 0 aliphatic carbocycles. The van der Waals surface area contributed by atoms with Gasteiger partial charge in [0.1, 0.15) is 24.7 Å². The fraction of sp³-hybridized carbons (Fsp3) is 0.353. The molecule has 4 N–H and O–H groups in total. The van der Waals surface area contributed by atoms with Crippen LogP contribution in [0.5, 0.6) is 0 Å². The van der Waals surface area contributed by atoms with E-state index < -0.39 is 12.2 Å². The Morgan fingerprint density at radius 2 is 1.10 bits per heavy atom. The summed E-state index contributed by atoms with van der Waals surface area (Å²) < 4.78 is 9.13. The predicted molar refractivity (Wildman–Crippen MR) is 189 cm³/mol. The van der Waals surface area contributed by atoms with Crippen molar-refractivity contribution in [2.75, 3.05) is 40.4 Å². The molecule has 0 atom stereocenters. The number of aromatic amines is 2. The van der Waals surface area contributed by atoms with Crippen molar-refractivity contribution in [3.63, 3.8) is 0 Å². The molecule has 1 aliphatic heterocycles. The molecule has 0 saturated heterocycles. The van der Waals surface area contributed by atoms with Crippen LogP contribution >= 0.6 is 23.5 Å². The monoisotopic (exact) mass is 720 g/mol. The lowest BCUT2D eigenvalue weighted by atomic mass is 10.2. The summed E-state index contributed by atoms with van der Waals surface area (Å²) in [6, 6.07) is 12.6. The number of fused-ring (bicyclic) bond motifs is 2. The van der Waals surface area contributed by atoms with Gasteiger partial charge in [-0.3, -0.25) is 9.59 Å². The molecule has 5 rings (SSSR count). The maximum absolute atomic E-state index is 12.7. The van der Waals surface area contributed by atoms with Crippen LogP contribution in [0.2, 0.25) is 0 Å². The van der Waals surface area contributed by atoms with Gasteiger partial charge in [-0.25, -0.2) is 19.6 Å². The van der Waals surface area contributed by atoms with E-state index in [9.17, 15) is 19.2 Å². The van der Waals surface area contributed by atoms with Gasteiger partial charge in [-0.1, -0.05) is 49.5 Å². The van der Waals surface area contributed by atoms with Crippen molar-refractivity contribution < 1.29 is 28.7 Å². The molecule has 1 aliphatic rings. The molecular weight excluding hydrogens is 681 g/mol. The lowest BCUT2D eigenvalue weighted by molar-refractivity contribution is -0.131. The highest BCUT2D eigenvalue weighted by molar-refractivity contribution is 8.05. The minimum Gasteiger partial charge on any atom is -0.453 e. The van der Waals surface area contributed by atoms with E-state index in [2.05, 4.69) is 76.4 Å². The normalized spacial score (nSPS) is 11.6. The van der Waals surface area contributed by atoms with Gasteiger partial charge >= 0.3 is 12.2 Å². The molecule has 14 nitrogen and oxygen atoms in total. The summed E-state index contributed by atoms with van der Waals surface area (Å²) in [4.78, 5) is 71.9. The SMILES string of the molecule is CCCN(Cc1ncc(-c2ccc3c(c2)Sc2cc(-c4cnc(CN(CCC)C(=O)CNC(=O)OC)[nH]4)ccc2S3)[nH]1)C(=O)CNC(=O)OC. The van der Waals surface area contributed by atoms with Crippen LogP contribution in [-0.4, -0.2) is 94.1 Å². The molecule has 3 heterocycles. The van der Waals surface area contributed by atoms with E-state index in [1.165, 1.54) is 14.2 Å². The number of aromatic nitrogens is 4. The number of amides is 4. The zero-order valence-electron chi connectivity index (χ0n) is 28.3. The number of rotatable bonds is 14. The molecule has 50 heavy (non-hydrogen) atoms. The number of imidazole rings is 2. The van der Waals surface area contributed by atoms with Gasteiger partial charge < -0.3 is 39.9 Å². The van der Waals surface area contributed by atoms with Crippen molar-refractivity contribution in [2.24, 2.45) is 0 Å². The number of carbonyl (C=O) groups excluding carboxylic acids is 4. The first-order valence-corrected chi connectivity index (χ1v) is 17.8. The average molecular weight is 721 g/mol. The maximum Gasteiger partial charge on any atom is 0.407 e. The van der Waals surface area contributed by atoms with Crippen molar-refractivity contribution in [3.05, 3.63) is 60.4 Å². The lowest BCUT2D eigenvalue weighted by Crippen LogP contribution is -2.40. The number of hydrogen-bond donors (Lipinski definition) is 4. The number of hydrogen-bond acceptors (Lipinski definition) is 10. The molecule has 4 aromatic rings. The number of alkyl carbamates (subject to hydrolysis) is 2. The van der Waals surface area contributed by atoms with Crippen molar-refractivity contribution >= 4 is 47.5 Å². The molecule has 0 unspecified atom stereocenters. The average Bonchev–Trinajstić information content (AvgIpc) is 3.81. The van der Waals surface area contributed by atoms with E-state index in [1.807, 2.05) is 13.8 Å². The van der Waals surface area contributed by atoms with E-state index in [0.717, 1.165) is 54.9 Å². The molecular formula is C34H40N8O6S2. The lowest BCUT2D eigenvalue weighted by Gasteiger charge is -2.21. The van der Waals surface area contributed by atoms with Gasteiger partial charge in [-0.05, 0) is 37.1 Å². The summed E-state index contributed by atoms with van der Waals surface area (Å²) in [6.07, 6.45) is 3.76. The Morgan fingerprint density at radius 1 is 0.680 bits per heavy atom. The van der Waals surface area contributed by atoms with E-state index >= 15 is 0 Å². The van der Waals surface area contributed by atoms with E-state index in [1.54, 1.807) is 45.7 Å². The summed E-state index contributed by atoms with van der Waals surface area (Å²) in [5.41, 5.74) is 3.63. The Kier molecular flexibility index (Phi) is 12.4. The largest absolute Gasteiger partial charge is 0.453 e. The molecule has 264 valence electrons. The number of nitrogens with one attached hydrogen (secondary N) is 4. The van der Waals surface area contributed by atoms with Crippen molar-refractivity contribution in [1.82, 2.24) is 40.4 Å². The summed E-state index contributed by atoms with van der Waals surface area (Å²) in [7, 11) is 2.51. The smallest absolute Gasteiger partial charge is 0.407 e. The quantitative estimate of drug-likeness (QED) is 0.118. The Labute approximate surface area is 298 Å². The van der Waals surface area contributed by atoms with Crippen LogP contribution in [0.1, 0.15) is 38.3 Å². The van der Waals surface area contributed by atoms with Crippen LogP contribution in [0.15, 0.2) is 68.4 Å². The zero-order chi connectivity index (χ0) is 35.6. The number of H-pyrrole nitrogens is 2. The molecule has 0 spiro atoms. The van der Waals surface area contributed by atoms with Crippen molar-refractivity contribution in [1.29, 1.82) is 0 Å². The summed E-state index contributed by atoms with van der Waals surface area (Å²) in [6.45, 7) is 5.30. The predicted octanol–water partition coefficient (Wildman–Crippen LogP) is 5.27. The van der Waals surface area contributed by atoms with Crippen LogP contribution in [0.4, 0.5) is 9.59 Å². The van der Waals surface area contributed by atoms with Crippen molar-refractivity contribution in [2.45, 2.75) is 59.4 Å². The van der Waals surface area contributed by atoms with Crippen LogP contribution in [0.3, 0.4) is 0 Å². The van der Waals surface area contributed by atoms with E-state index in [-0.39, 0.29) is 38.0 Å². The molecule has 0 radical (unpaired) electrons. The Morgan fingerprint density at radius 3 is 1.50 bits per heavy atom. The fourth-order valence-corrected chi connectivity index (χ4v) is 7.52. The Balaban J connectivity index is 1.26. The third-order valence-electron chi connectivity index (χ3n) is 7.72. The van der Waals surface area contributed by atoms with Gasteiger partial charge in [0.05, 0.1) is 51.1 Å². The Hall–Kier alpha value is -4.96. The van der Waals surface area contributed by atoms with Crippen molar-refractivity contribution in [3.8, 4) is 22.5 Å². The minimum atomic E-state index is -0.652. The molecule has 2 aromatic carbocycles. The topological polar surface area (TPSA) is 175 Å². The summed E-state index contributed by atoms with van der Waals surface area (Å²) in [5, 5.41) is 4.88. The molecule has 0 saturated carbocycles. The first-order chi connectivity index (χ1) is 24.2. The van der Waals surface area contributed by atoms with Gasteiger partial charge in [0.2, 0.25) is 11.8 Å². The number of benzene rings is 2. The second-order valence-corrected chi connectivity index (χ2v) is 13.5. The second-order valence-electron chi connectivity index (χ2n) is 11.3. The second kappa shape index (κ2) is 17.1. The molecule has 4 amide bonds. The van der Waals surface area contributed by atoms with Crippen LogP contribution in [-0.2, 0) is 32.2 Å². The van der Waals surface area contributed by atoms with Crippen LogP contribution in [0.25, 0.3) is 22.5 Å². The molecule has 16 heteroatoms. The highest BCUT2D eigenvalue weighted by atomic mass is 32.2. The van der Waals surface area contributed by atoms with Crippen LogP contribution in [0, 0.1) is 0 Å². The highest BCUT2D eigenvalue weighted by Crippen LogP contribution is 2.50. The van der Waals surface area contributed by atoms with E-state index in [4.69, 9.17) is 0 Å². The van der Waals surface area contributed by atoms with Gasteiger partial charge in [0, 0.05) is 43.8 Å². The van der Waals surface area contributed by atoms with Gasteiger partial charge in [-0.2, -0.15) is 0 Å². The zero-order valence-corrected chi connectivity index (χ0v) is 30.0. The summed E-state index contributed by atoms with van der Waals surface area (Å²) >= 11 is 3.40. The number of nitrogens with zero attached hydrogens (tertiary/aromatic N) is 4. The molecule has 0 bridgehead atoms.